The van der Waals surface area contributed by atoms with Gasteiger partial charge in [-0.05, 0) is 50.7 Å². The summed E-state index contributed by atoms with van der Waals surface area (Å²) in [5.74, 6) is -0.339. The molecule has 38 heavy (non-hydrogen) atoms. The molecule has 0 N–H and O–H groups in total. The minimum absolute atomic E-state index is 0.0818. The van der Waals surface area contributed by atoms with Crippen molar-refractivity contribution < 1.29 is 17.2 Å². The molecule has 6 rings (SSSR count). The summed E-state index contributed by atoms with van der Waals surface area (Å²) in [6.45, 7) is 2.99. The molecule has 0 radical (unpaired) electrons. The molecule has 3 fully saturated rings. The van der Waals surface area contributed by atoms with Crippen LogP contribution in [0.3, 0.4) is 0 Å². The van der Waals surface area contributed by atoms with Gasteiger partial charge in [-0.2, -0.15) is 4.31 Å². The molecule has 2 aliphatic heterocycles. The van der Waals surface area contributed by atoms with Gasteiger partial charge < -0.3 is 9.47 Å². The van der Waals surface area contributed by atoms with Crippen LogP contribution in [0.25, 0.3) is 0 Å². The molecule has 0 bridgehead atoms. The highest BCUT2D eigenvalue weighted by atomic mass is 32.2. The van der Waals surface area contributed by atoms with E-state index in [-0.39, 0.29) is 23.8 Å². The van der Waals surface area contributed by atoms with E-state index in [0.717, 1.165) is 12.8 Å². The number of rotatable bonds is 8. The number of benzene rings is 2. The lowest BCUT2D eigenvalue weighted by molar-refractivity contribution is 0.275. The summed E-state index contributed by atoms with van der Waals surface area (Å²) in [6, 6.07) is 12.5. The van der Waals surface area contributed by atoms with Crippen LogP contribution < -0.4 is 4.90 Å². The molecule has 2 unspecified atom stereocenters. The number of halogens is 2. The highest BCUT2D eigenvalue weighted by Crippen LogP contribution is 2.56. The molecule has 0 amide bonds. The van der Waals surface area contributed by atoms with Crippen LogP contribution in [-0.2, 0) is 23.0 Å². The third kappa shape index (κ3) is 4.73. The molecular weight excluding hydrogens is 508 g/mol. The number of nitrogens with zero attached hydrogens (tertiary/aromatic N) is 5. The summed E-state index contributed by atoms with van der Waals surface area (Å²) in [5, 5.41) is 7.23. The highest BCUT2D eigenvalue weighted by Gasteiger charge is 2.57. The third-order valence-electron chi connectivity index (χ3n) is 8.69. The second-order valence-electron chi connectivity index (χ2n) is 11.0. The molecule has 1 saturated carbocycles. The molecule has 1 aliphatic carbocycles. The Bertz CT molecular complexity index is 1370. The van der Waals surface area contributed by atoms with Gasteiger partial charge >= 0.3 is 0 Å². The van der Waals surface area contributed by atoms with E-state index >= 15 is 8.78 Å². The zero-order valence-electron chi connectivity index (χ0n) is 21.5. The van der Waals surface area contributed by atoms with Crippen molar-refractivity contribution in [3.05, 3.63) is 77.9 Å². The number of aromatic nitrogens is 3. The quantitative estimate of drug-likeness (QED) is 0.418. The zero-order valence-corrected chi connectivity index (χ0v) is 22.3. The summed E-state index contributed by atoms with van der Waals surface area (Å²) in [5.41, 5.74) is 1.51. The van der Waals surface area contributed by atoms with Crippen molar-refractivity contribution in [1.82, 2.24) is 19.1 Å². The summed E-state index contributed by atoms with van der Waals surface area (Å²) in [7, 11) is -3.63. The van der Waals surface area contributed by atoms with Gasteiger partial charge in [0.2, 0.25) is 10.0 Å². The highest BCUT2D eigenvalue weighted by molar-refractivity contribution is 7.89. The Kier molecular flexibility index (Phi) is 6.72. The van der Waals surface area contributed by atoms with Crippen molar-refractivity contribution in [2.75, 3.05) is 18.0 Å². The zero-order chi connectivity index (χ0) is 26.4. The second kappa shape index (κ2) is 10.0. The molecule has 10 heteroatoms. The van der Waals surface area contributed by atoms with Crippen molar-refractivity contribution in [2.45, 2.75) is 62.9 Å². The van der Waals surface area contributed by atoms with Crippen LogP contribution in [0.5, 0.6) is 0 Å². The van der Waals surface area contributed by atoms with Crippen molar-refractivity contribution in [2.24, 2.45) is 11.8 Å². The average Bonchev–Trinajstić information content (AvgIpc) is 3.25. The van der Waals surface area contributed by atoms with Crippen LogP contribution in [0, 0.1) is 23.5 Å². The third-order valence-corrected chi connectivity index (χ3v) is 11.1. The van der Waals surface area contributed by atoms with Gasteiger partial charge in [0.05, 0.1) is 10.9 Å². The van der Waals surface area contributed by atoms with E-state index in [4.69, 9.17) is 0 Å². The number of piperidine rings is 1. The fourth-order valence-electron chi connectivity index (χ4n) is 6.49. The standard InChI is InChI=1S/C28H33F2N5O2S/c1-19-10-11-22(9-5-8-20-6-3-2-4-7-20)38(36,37)35(19)14-21-12-26(30)27(13-25(21)29)33-15-23-24(16-33)28(23)34-17-31-32-18-34/h2-4,6-7,12-13,17-19,22-24,28H,5,8-11,14-16H2,1H3/t19-,22?,23-,24+,28?/m0/s1. The molecule has 7 nitrogen and oxygen atoms in total. The van der Waals surface area contributed by atoms with Crippen LogP contribution in [0.2, 0.25) is 0 Å². The summed E-state index contributed by atoms with van der Waals surface area (Å²) in [6.07, 6.45) is 6.85. The van der Waals surface area contributed by atoms with E-state index in [9.17, 15) is 8.42 Å². The predicted octanol–water partition coefficient (Wildman–Crippen LogP) is 4.57. The van der Waals surface area contributed by atoms with Crippen LogP contribution in [0.1, 0.15) is 49.8 Å². The van der Waals surface area contributed by atoms with Crippen LogP contribution in [0.4, 0.5) is 14.5 Å². The summed E-state index contributed by atoms with van der Waals surface area (Å²) >= 11 is 0. The SMILES string of the molecule is C[C@H]1CCC(CCCc2ccccc2)S(=O)(=O)N1Cc1cc(F)c(N2C[C@@H]3C(n4cnnc4)[C@@H]3C2)cc1F. The maximum absolute atomic E-state index is 15.3. The Morgan fingerprint density at radius 3 is 2.39 bits per heavy atom. The number of hydrogen-bond acceptors (Lipinski definition) is 5. The Morgan fingerprint density at radius 2 is 1.68 bits per heavy atom. The first-order valence-electron chi connectivity index (χ1n) is 13.4. The smallest absolute Gasteiger partial charge is 0.217 e. The normalized spacial score (nSPS) is 28.4. The van der Waals surface area contributed by atoms with Crippen molar-refractivity contribution in [3.8, 4) is 0 Å². The predicted molar refractivity (Wildman–Crippen MR) is 141 cm³/mol. The number of fused-ring (bicyclic) bond motifs is 1. The van der Waals surface area contributed by atoms with E-state index in [1.54, 1.807) is 12.7 Å². The topological polar surface area (TPSA) is 71.3 Å². The Hall–Kier alpha value is -2.85. The van der Waals surface area contributed by atoms with Gasteiger partial charge in [0.1, 0.15) is 24.3 Å². The van der Waals surface area contributed by atoms with E-state index < -0.39 is 26.9 Å². The van der Waals surface area contributed by atoms with Crippen molar-refractivity contribution >= 4 is 15.7 Å². The number of aryl methyl sites for hydroxylation is 1. The van der Waals surface area contributed by atoms with Crippen molar-refractivity contribution in [1.29, 1.82) is 0 Å². The Labute approximate surface area is 222 Å². The van der Waals surface area contributed by atoms with Gasteiger partial charge in [-0.15, -0.1) is 10.2 Å². The van der Waals surface area contributed by atoms with E-state index in [1.165, 1.54) is 22.0 Å². The minimum Gasteiger partial charge on any atom is -0.368 e. The van der Waals surface area contributed by atoms with Crippen LogP contribution in [0.15, 0.2) is 55.1 Å². The largest absolute Gasteiger partial charge is 0.368 e. The fourth-order valence-corrected chi connectivity index (χ4v) is 8.69. The maximum Gasteiger partial charge on any atom is 0.217 e. The van der Waals surface area contributed by atoms with E-state index in [1.807, 2.05) is 46.7 Å². The number of hydrogen-bond donors (Lipinski definition) is 0. The molecule has 2 saturated heterocycles. The van der Waals surface area contributed by atoms with E-state index in [0.29, 0.717) is 50.2 Å². The lowest BCUT2D eigenvalue weighted by Gasteiger charge is -2.37. The lowest BCUT2D eigenvalue weighted by atomic mass is 10.0. The summed E-state index contributed by atoms with van der Waals surface area (Å²) in [4.78, 5) is 1.89. The molecule has 2 aromatic carbocycles. The molecule has 0 spiro atoms. The minimum atomic E-state index is -3.63. The van der Waals surface area contributed by atoms with Crippen LogP contribution >= 0.6 is 0 Å². The van der Waals surface area contributed by atoms with Gasteiger partial charge in [-0.25, -0.2) is 17.2 Å². The molecule has 3 heterocycles. The summed E-state index contributed by atoms with van der Waals surface area (Å²) < 4.78 is 60.9. The van der Waals surface area contributed by atoms with Gasteiger partial charge in [-0.1, -0.05) is 30.3 Å². The molecule has 3 aromatic rings. The van der Waals surface area contributed by atoms with Gasteiger partial charge in [0, 0.05) is 55.2 Å². The first-order valence-corrected chi connectivity index (χ1v) is 14.9. The Morgan fingerprint density at radius 1 is 0.974 bits per heavy atom. The second-order valence-corrected chi connectivity index (χ2v) is 13.2. The molecule has 3 aliphatic rings. The number of anilines is 1. The van der Waals surface area contributed by atoms with Gasteiger partial charge in [-0.3, -0.25) is 0 Å². The average molecular weight is 542 g/mol. The first-order chi connectivity index (χ1) is 18.3. The van der Waals surface area contributed by atoms with Gasteiger partial charge in [0.25, 0.3) is 0 Å². The monoisotopic (exact) mass is 541 g/mol. The lowest BCUT2D eigenvalue weighted by Crippen LogP contribution is -2.48. The van der Waals surface area contributed by atoms with E-state index in [2.05, 4.69) is 10.2 Å². The molecule has 202 valence electrons. The number of sulfonamides is 1. The molecule has 1 aromatic heterocycles. The molecule has 5 atom stereocenters. The Balaban J connectivity index is 1.12. The molecular formula is C28H33F2N5O2S. The maximum atomic E-state index is 15.3. The first kappa shape index (κ1) is 25.4. The van der Waals surface area contributed by atoms with Crippen molar-refractivity contribution in [3.63, 3.8) is 0 Å². The van der Waals surface area contributed by atoms with Gasteiger partial charge in [0.15, 0.2) is 0 Å². The van der Waals surface area contributed by atoms with Crippen LogP contribution in [-0.4, -0.2) is 51.9 Å². The fraction of sp³-hybridized carbons (Fsp3) is 0.500.